The summed E-state index contributed by atoms with van der Waals surface area (Å²) in [5, 5.41) is 12.3. The van der Waals surface area contributed by atoms with Gasteiger partial charge in [-0.25, -0.2) is 4.98 Å². The van der Waals surface area contributed by atoms with Crippen LogP contribution in [-0.2, 0) is 19.7 Å². The van der Waals surface area contributed by atoms with Crippen molar-refractivity contribution in [1.82, 2.24) is 15.5 Å². The van der Waals surface area contributed by atoms with Crippen LogP contribution in [0, 0.1) is 11.8 Å². The van der Waals surface area contributed by atoms with E-state index in [-0.39, 0.29) is 23.4 Å². The van der Waals surface area contributed by atoms with E-state index in [4.69, 9.17) is 9.26 Å². The third kappa shape index (κ3) is 4.18. The molecule has 34 heavy (non-hydrogen) atoms. The molecule has 1 unspecified atom stereocenters. The summed E-state index contributed by atoms with van der Waals surface area (Å²) in [4.78, 5) is 43.2. The third-order valence-corrected chi connectivity index (χ3v) is 7.47. The van der Waals surface area contributed by atoms with Gasteiger partial charge in [0.15, 0.2) is 5.69 Å². The molecule has 2 aromatic heterocycles. The molecule has 3 N–H and O–H groups in total. The number of aromatic nitrogens is 2. The number of anilines is 2. The molecular weight excluding hydrogens is 438 g/mol. The first-order valence-corrected chi connectivity index (χ1v) is 11.9. The molecule has 2 aromatic rings. The first-order chi connectivity index (χ1) is 16.5. The lowest BCUT2D eigenvalue weighted by Crippen LogP contribution is -2.49. The Kier molecular flexibility index (Phi) is 6.07. The highest BCUT2D eigenvalue weighted by atomic mass is 16.5. The normalized spacial score (nSPS) is 24.2. The van der Waals surface area contributed by atoms with E-state index in [1.807, 2.05) is 0 Å². The Morgan fingerprint density at radius 2 is 1.97 bits per heavy atom. The van der Waals surface area contributed by atoms with Crippen LogP contribution >= 0.6 is 0 Å². The van der Waals surface area contributed by atoms with Crippen molar-refractivity contribution >= 4 is 29.2 Å². The molecule has 3 aliphatic rings. The molecule has 0 radical (unpaired) electrons. The minimum Gasteiger partial charge on any atom is -0.381 e. The molecule has 1 saturated heterocycles. The van der Waals surface area contributed by atoms with E-state index in [1.54, 1.807) is 12.3 Å². The first kappa shape index (κ1) is 22.5. The lowest BCUT2D eigenvalue weighted by atomic mass is 9.76. The molecule has 5 rings (SSSR count). The molecule has 1 saturated carbocycles. The molecule has 3 amide bonds. The fraction of sp³-hybridized carbons (Fsp3) is 0.542. The van der Waals surface area contributed by atoms with Crippen LogP contribution in [0.2, 0.25) is 0 Å². The van der Waals surface area contributed by atoms with Gasteiger partial charge in [-0.1, -0.05) is 24.9 Å². The number of hydrogen-bond donors (Lipinski definition) is 3. The summed E-state index contributed by atoms with van der Waals surface area (Å²) in [5.41, 5.74) is 1.01. The van der Waals surface area contributed by atoms with Crippen LogP contribution in [0.5, 0.6) is 0 Å². The van der Waals surface area contributed by atoms with Gasteiger partial charge in [-0.2, -0.15) is 0 Å². The number of ether oxygens (including phenoxy) is 1. The molecule has 0 aromatic carbocycles. The van der Waals surface area contributed by atoms with Crippen molar-refractivity contribution in [2.24, 2.45) is 11.8 Å². The molecule has 1 spiro atoms. The van der Waals surface area contributed by atoms with Gasteiger partial charge in [-0.05, 0) is 37.5 Å². The fourth-order valence-corrected chi connectivity index (χ4v) is 5.35. The van der Waals surface area contributed by atoms with Gasteiger partial charge < -0.3 is 25.2 Å². The third-order valence-electron chi connectivity index (χ3n) is 7.47. The Balaban J connectivity index is 1.34. The maximum atomic E-state index is 13.3. The highest BCUT2D eigenvalue weighted by molar-refractivity contribution is 6.07. The molecule has 0 bridgehead atoms. The molecule has 1 atom stereocenters. The minimum atomic E-state index is -0.733. The topological polar surface area (TPSA) is 135 Å². The Labute approximate surface area is 197 Å². The highest BCUT2D eigenvalue weighted by Crippen LogP contribution is 2.44. The number of carbonyl (C=O) groups excluding carboxylic acids is 3. The second-order valence-corrected chi connectivity index (χ2v) is 9.61. The van der Waals surface area contributed by atoms with Crippen LogP contribution in [0.4, 0.5) is 11.5 Å². The monoisotopic (exact) mass is 467 g/mol. The van der Waals surface area contributed by atoms with E-state index in [1.165, 1.54) is 12.3 Å². The molecule has 10 heteroatoms. The maximum Gasteiger partial charge on any atom is 0.274 e. The minimum absolute atomic E-state index is 0.00619. The Morgan fingerprint density at radius 1 is 1.21 bits per heavy atom. The van der Waals surface area contributed by atoms with Crippen LogP contribution in [0.15, 0.2) is 29.1 Å². The molecule has 1 aliphatic carbocycles. The van der Waals surface area contributed by atoms with E-state index in [0.29, 0.717) is 43.5 Å². The van der Waals surface area contributed by atoms with Crippen LogP contribution in [-0.4, -0.2) is 47.1 Å². The smallest absolute Gasteiger partial charge is 0.274 e. The van der Waals surface area contributed by atoms with Crippen LogP contribution in [0.3, 0.4) is 0 Å². The Morgan fingerprint density at radius 3 is 2.68 bits per heavy atom. The van der Waals surface area contributed by atoms with Crippen molar-refractivity contribution in [3.8, 4) is 0 Å². The zero-order valence-electron chi connectivity index (χ0n) is 19.1. The number of nitrogens with zero attached hydrogens (tertiary/aromatic N) is 2. The van der Waals surface area contributed by atoms with E-state index in [9.17, 15) is 14.4 Å². The molecule has 2 fully saturated rings. The van der Waals surface area contributed by atoms with E-state index < -0.39 is 17.4 Å². The Bertz CT molecular complexity index is 1070. The summed E-state index contributed by atoms with van der Waals surface area (Å²) in [7, 11) is 0. The number of pyridine rings is 1. The number of carbonyl (C=O) groups is 3. The van der Waals surface area contributed by atoms with Gasteiger partial charge >= 0.3 is 0 Å². The SMILES string of the molecule is CC1CCC(C(NC(=O)c2ccon2)C(=O)Nc2cc3c(cn2)C2(CCOCC2)C(=O)N3)CC1. The molecular formula is C24H29N5O5. The van der Waals surface area contributed by atoms with E-state index in [0.717, 1.165) is 31.2 Å². The van der Waals surface area contributed by atoms with Gasteiger partial charge in [0.05, 0.1) is 11.1 Å². The van der Waals surface area contributed by atoms with Crippen LogP contribution in [0.1, 0.15) is 61.5 Å². The average Bonchev–Trinajstić information content (AvgIpc) is 3.46. The summed E-state index contributed by atoms with van der Waals surface area (Å²) in [6.45, 7) is 3.25. The van der Waals surface area contributed by atoms with Crippen molar-refractivity contribution in [1.29, 1.82) is 0 Å². The molecule has 180 valence electrons. The van der Waals surface area contributed by atoms with Gasteiger partial charge in [0, 0.05) is 37.1 Å². The Hall–Kier alpha value is -3.27. The van der Waals surface area contributed by atoms with E-state index in [2.05, 4.69) is 33.0 Å². The van der Waals surface area contributed by atoms with Crippen molar-refractivity contribution in [3.63, 3.8) is 0 Å². The number of nitrogens with one attached hydrogen (secondary N) is 3. The lowest BCUT2D eigenvalue weighted by molar-refractivity contribution is -0.124. The van der Waals surface area contributed by atoms with Gasteiger partial charge in [0.1, 0.15) is 18.1 Å². The van der Waals surface area contributed by atoms with Gasteiger partial charge in [0.2, 0.25) is 11.8 Å². The predicted octanol–water partition coefficient (Wildman–Crippen LogP) is 2.63. The van der Waals surface area contributed by atoms with Crippen LogP contribution in [0.25, 0.3) is 0 Å². The van der Waals surface area contributed by atoms with Crippen LogP contribution < -0.4 is 16.0 Å². The second-order valence-electron chi connectivity index (χ2n) is 9.61. The maximum absolute atomic E-state index is 13.3. The highest BCUT2D eigenvalue weighted by Gasteiger charge is 2.48. The molecule has 2 aliphatic heterocycles. The van der Waals surface area contributed by atoms with Crippen molar-refractivity contribution < 1.29 is 23.6 Å². The molecule has 4 heterocycles. The summed E-state index contributed by atoms with van der Waals surface area (Å²) < 4.78 is 10.2. The summed E-state index contributed by atoms with van der Waals surface area (Å²) in [5.74, 6) is 0.0951. The van der Waals surface area contributed by atoms with Crippen molar-refractivity contribution in [3.05, 3.63) is 35.9 Å². The number of amides is 3. The average molecular weight is 468 g/mol. The van der Waals surface area contributed by atoms with Gasteiger partial charge in [-0.3, -0.25) is 14.4 Å². The standard InChI is InChI=1S/C24H29N5O5/c1-14-2-4-15(5-3-14)20(28-21(30)17-6-9-34-29-17)22(31)27-19-12-18-16(13-25-19)24(23(32)26-18)7-10-33-11-8-24/h6,9,12-15,20H,2-5,7-8,10-11H2,1H3,(H,26,32)(H,28,30)(H,25,27,31). The van der Waals surface area contributed by atoms with Crippen molar-refractivity contribution in [2.75, 3.05) is 23.8 Å². The number of hydrogen-bond acceptors (Lipinski definition) is 7. The zero-order chi connectivity index (χ0) is 23.7. The largest absolute Gasteiger partial charge is 0.381 e. The quantitative estimate of drug-likeness (QED) is 0.615. The number of fused-ring (bicyclic) bond motifs is 2. The summed E-state index contributed by atoms with van der Waals surface area (Å²) in [6, 6.07) is 2.42. The number of rotatable bonds is 5. The summed E-state index contributed by atoms with van der Waals surface area (Å²) in [6.07, 6.45) is 7.89. The van der Waals surface area contributed by atoms with Gasteiger partial charge in [-0.15, -0.1) is 0 Å². The first-order valence-electron chi connectivity index (χ1n) is 11.9. The van der Waals surface area contributed by atoms with Gasteiger partial charge in [0.25, 0.3) is 5.91 Å². The fourth-order valence-electron chi connectivity index (χ4n) is 5.35. The molecule has 10 nitrogen and oxygen atoms in total. The second kappa shape index (κ2) is 9.17. The zero-order valence-corrected chi connectivity index (χ0v) is 19.1. The lowest BCUT2D eigenvalue weighted by Gasteiger charge is -2.32. The predicted molar refractivity (Wildman–Crippen MR) is 122 cm³/mol. The van der Waals surface area contributed by atoms with Crippen molar-refractivity contribution in [2.45, 2.75) is 56.9 Å². The summed E-state index contributed by atoms with van der Waals surface area (Å²) >= 11 is 0. The van der Waals surface area contributed by atoms with E-state index >= 15 is 0 Å².